The highest BCUT2D eigenvalue weighted by Crippen LogP contribution is 2.40. The van der Waals surface area contributed by atoms with Gasteiger partial charge in [0.25, 0.3) is 0 Å². The van der Waals surface area contributed by atoms with Crippen molar-refractivity contribution in [1.29, 1.82) is 5.26 Å². The van der Waals surface area contributed by atoms with Gasteiger partial charge in [-0.2, -0.15) is 5.26 Å². The summed E-state index contributed by atoms with van der Waals surface area (Å²) in [6.45, 7) is 4.00. The predicted molar refractivity (Wildman–Crippen MR) is 99.7 cm³/mol. The Morgan fingerprint density at radius 3 is 2.73 bits per heavy atom. The molecule has 1 aromatic heterocycles. The van der Waals surface area contributed by atoms with Crippen molar-refractivity contribution in [2.45, 2.75) is 32.6 Å². The molecule has 0 radical (unpaired) electrons. The van der Waals surface area contributed by atoms with E-state index in [4.69, 9.17) is 9.15 Å². The van der Waals surface area contributed by atoms with Gasteiger partial charge in [-0.05, 0) is 55.4 Å². The molecule has 2 heterocycles. The van der Waals surface area contributed by atoms with E-state index >= 15 is 0 Å². The fourth-order valence-electron chi connectivity index (χ4n) is 4.07. The van der Waals surface area contributed by atoms with Gasteiger partial charge in [0.1, 0.15) is 17.6 Å². The Morgan fingerprint density at radius 2 is 2.04 bits per heavy atom. The zero-order valence-corrected chi connectivity index (χ0v) is 15.2. The highest BCUT2D eigenvalue weighted by molar-refractivity contribution is 5.77. The van der Waals surface area contributed by atoms with E-state index in [2.05, 4.69) is 17.9 Å². The number of hydrogen-bond donors (Lipinski definition) is 0. The van der Waals surface area contributed by atoms with Gasteiger partial charge in [-0.3, -0.25) is 0 Å². The van der Waals surface area contributed by atoms with Crippen molar-refractivity contribution in [2.24, 2.45) is 5.92 Å². The quantitative estimate of drug-likeness (QED) is 0.829. The van der Waals surface area contributed by atoms with Crippen LogP contribution in [0, 0.1) is 17.2 Å². The molecule has 2 aliphatic rings. The summed E-state index contributed by atoms with van der Waals surface area (Å²) in [6.07, 6.45) is 3.76. The molecule has 5 heteroatoms. The molecule has 134 valence electrons. The molecule has 0 atom stereocenters. The fraction of sp³-hybridized carbons (Fsp3) is 0.429. The van der Waals surface area contributed by atoms with Crippen LogP contribution in [-0.4, -0.2) is 20.2 Å². The third-order valence-corrected chi connectivity index (χ3v) is 5.61. The summed E-state index contributed by atoms with van der Waals surface area (Å²) in [5, 5.41) is 9.59. The monoisotopic (exact) mass is 350 g/mol. The zero-order valence-electron chi connectivity index (χ0n) is 15.2. The van der Waals surface area contributed by atoms with E-state index in [1.165, 1.54) is 0 Å². The Labute approximate surface area is 152 Å². The molecular weight excluding hydrogens is 328 g/mol. The summed E-state index contributed by atoms with van der Waals surface area (Å²) in [4.78, 5) is 14.8. The highest BCUT2D eigenvalue weighted by Gasteiger charge is 2.30. The van der Waals surface area contributed by atoms with Gasteiger partial charge >= 0.3 is 5.63 Å². The van der Waals surface area contributed by atoms with E-state index in [1.54, 1.807) is 7.11 Å². The van der Waals surface area contributed by atoms with Crippen LogP contribution in [0.4, 0.5) is 5.69 Å². The number of fused-ring (bicyclic) bond motifs is 3. The van der Waals surface area contributed by atoms with Crippen molar-refractivity contribution < 1.29 is 9.15 Å². The molecule has 2 aromatic rings. The summed E-state index contributed by atoms with van der Waals surface area (Å²) in [6, 6.07) is 7.93. The van der Waals surface area contributed by atoms with Gasteiger partial charge in [0, 0.05) is 24.2 Å². The fourth-order valence-corrected chi connectivity index (χ4v) is 4.07. The van der Waals surface area contributed by atoms with Crippen molar-refractivity contribution in [3.63, 3.8) is 0 Å². The first-order valence-corrected chi connectivity index (χ1v) is 9.14. The molecular formula is C21H22N2O3. The largest absolute Gasteiger partial charge is 0.497 e. The summed E-state index contributed by atoms with van der Waals surface area (Å²) >= 11 is 0. The topological polar surface area (TPSA) is 66.5 Å². The second-order valence-electron chi connectivity index (χ2n) is 7.23. The third-order valence-electron chi connectivity index (χ3n) is 5.61. The van der Waals surface area contributed by atoms with Crippen LogP contribution in [0.1, 0.15) is 36.5 Å². The van der Waals surface area contributed by atoms with Crippen molar-refractivity contribution in [3.8, 4) is 23.1 Å². The Kier molecular flexibility index (Phi) is 4.20. The predicted octanol–water partition coefficient (Wildman–Crippen LogP) is 3.52. The molecule has 0 saturated carbocycles. The molecule has 0 spiro atoms. The van der Waals surface area contributed by atoms with Crippen molar-refractivity contribution in [1.82, 2.24) is 0 Å². The van der Waals surface area contributed by atoms with Crippen molar-refractivity contribution in [2.75, 3.05) is 25.1 Å². The van der Waals surface area contributed by atoms with Crippen LogP contribution >= 0.6 is 0 Å². The minimum atomic E-state index is -0.538. The second kappa shape index (κ2) is 6.53. The number of nitriles is 1. The Morgan fingerprint density at radius 1 is 1.27 bits per heavy atom. The molecule has 26 heavy (non-hydrogen) atoms. The molecule has 1 saturated heterocycles. The maximum Gasteiger partial charge on any atom is 0.356 e. The third kappa shape index (κ3) is 2.66. The number of methoxy groups -OCH3 is 1. The van der Waals surface area contributed by atoms with Gasteiger partial charge in [-0.25, -0.2) is 4.79 Å². The van der Waals surface area contributed by atoms with Gasteiger partial charge < -0.3 is 14.1 Å². The van der Waals surface area contributed by atoms with E-state index in [-0.39, 0.29) is 5.56 Å². The molecule has 0 amide bonds. The van der Waals surface area contributed by atoms with Crippen LogP contribution in [0.15, 0.2) is 27.4 Å². The number of nitrogens with zero attached hydrogens (tertiary/aromatic N) is 2. The number of ether oxygens (including phenoxy) is 1. The molecule has 4 rings (SSSR count). The number of aryl methyl sites for hydroxylation is 1. The van der Waals surface area contributed by atoms with Crippen LogP contribution in [0.5, 0.6) is 5.75 Å². The SMILES string of the molecule is COc1ccc2c(c1)CCc1c-2oc(=O)c(C#N)c1N1CCC(C)CC1. The Balaban J connectivity index is 1.89. The lowest BCUT2D eigenvalue weighted by Gasteiger charge is -2.35. The number of piperidine rings is 1. The molecule has 5 nitrogen and oxygen atoms in total. The number of hydrogen-bond acceptors (Lipinski definition) is 5. The number of benzene rings is 1. The smallest absolute Gasteiger partial charge is 0.356 e. The summed E-state index contributed by atoms with van der Waals surface area (Å²) < 4.78 is 10.9. The molecule has 1 aliphatic heterocycles. The van der Waals surface area contributed by atoms with E-state index < -0.39 is 5.63 Å². The molecule has 0 N–H and O–H groups in total. The highest BCUT2D eigenvalue weighted by atomic mass is 16.5. The number of anilines is 1. The van der Waals surface area contributed by atoms with Crippen LogP contribution in [0.3, 0.4) is 0 Å². The molecule has 1 fully saturated rings. The van der Waals surface area contributed by atoms with E-state index in [1.807, 2.05) is 18.2 Å². The molecule has 0 unspecified atom stereocenters. The zero-order chi connectivity index (χ0) is 18.3. The minimum Gasteiger partial charge on any atom is -0.497 e. The molecule has 0 bridgehead atoms. The standard InChI is InChI=1S/C21H22N2O3/c1-13-7-9-23(10-8-13)19-17-5-3-14-11-15(25-2)4-6-16(14)20(17)26-21(24)18(19)12-22/h4,6,11,13H,3,5,7-10H2,1-2H3. The average Bonchev–Trinajstić information content (AvgIpc) is 2.67. The van der Waals surface area contributed by atoms with Crippen LogP contribution in [-0.2, 0) is 12.8 Å². The van der Waals surface area contributed by atoms with Crippen LogP contribution in [0.2, 0.25) is 0 Å². The Hall–Kier alpha value is -2.74. The first-order chi connectivity index (χ1) is 12.6. The van der Waals surface area contributed by atoms with E-state index in [0.29, 0.717) is 11.7 Å². The first-order valence-electron chi connectivity index (χ1n) is 9.14. The van der Waals surface area contributed by atoms with E-state index in [9.17, 15) is 10.1 Å². The summed E-state index contributed by atoms with van der Waals surface area (Å²) in [5.41, 5.74) is 3.45. The first kappa shape index (κ1) is 16.7. The van der Waals surface area contributed by atoms with Gasteiger partial charge in [0.15, 0.2) is 5.56 Å². The maximum absolute atomic E-state index is 12.5. The summed E-state index contributed by atoms with van der Waals surface area (Å²) in [7, 11) is 1.65. The van der Waals surface area contributed by atoms with E-state index in [0.717, 1.165) is 66.9 Å². The number of rotatable bonds is 2. The molecule has 1 aliphatic carbocycles. The van der Waals surface area contributed by atoms with Crippen LogP contribution < -0.4 is 15.3 Å². The van der Waals surface area contributed by atoms with Gasteiger partial charge in [0.2, 0.25) is 0 Å². The van der Waals surface area contributed by atoms with Crippen molar-refractivity contribution in [3.05, 3.63) is 45.3 Å². The average molecular weight is 350 g/mol. The lowest BCUT2D eigenvalue weighted by molar-refractivity contribution is 0.414. The maximum atomic E-state index is 12.5. The minimum absolute atomic E-state index is 0.148. The van der Waals surface area contributed by atoms with Gasteiger partial charge in [0.05, 0.1) is 12.8 Å². The normalized spacial score (nSPS) is 16.6. The van der Waals surface area contributed by atoms with Crippen molar-refractivity contribution >= 4 is 5.69 Å². The van der Waals surface area contributed by atoms with Crippen LogP contribution in [0.25, 0.3) is 11.3 Å². The van der Waals surface area contributed by atoms with Gasteiger partial charge in [-0.1, -0.05) is 6.92 Å². The Bertz CT molecular complexity index is 947. The van der Waals surface area contributed by atoms with Gasteiger partial charge in [-0.15, -0.1) is 0 Å². The lowest BCUT2D eigenvalue weighted by atomic mass is 9.87. The summed E-state index contributed by atoms with van der Waals surface area (Å²) in [5.74, 6) is 2.10. The molecule has 1 aromatic carbocycles. The lowest BCUT2D eigenvalue weighted by Crippen LogP contribution is -2.35. The second-order valence-corrected chi connectivity index (χ2v) is 7.23.